The summed E-state index contributed by atoms with van der Waals surface area (Å²) in [6, 6.07) is 27.4. The lowest BCUT2D eigenvalue weighted by molar-refractivity contribution is -0.123. The molecule has 2 N–H and O–H groups in total. The maximum atomic E-state index is 13.5. The van der Waals surface area contributed by atoms with Crippen molar-refractivity contribution in [1.29, 1.82) is 5.26 Å². The van der Waals surface area contributed by atoms with Gasteiger partial charge < -0.3 is 34.3 Å². The largest absolute Gasteiger partial charge is 0.497 e. The average molecular weight is 724 g/mol. The van der Waals surface area contributed by atoms with Crippen molar-refractivity contribution < 1.29 is 33.3 Å². The summed E-state index contributed by atoms with van der Waals surface area (Å²) in [5, 5.41) is 15.5. The zero-order valence-corrected chi connectivity index (χ0v) is 30.7. The molecule has 1 aromatic heterocycles. The first-order valence-corrected chi connectivity index (χ1v) is 17.3. The van der Waals surface area contributed by atoms with Gasteiger partial charge in [-0.05, 0) is 54.8 Å². The van der Waals surface area contributed by atoms with Gasteiger partial charge in [0.15, 0.2) is 6.23 Å². The molecule has 2 heterocycles. The molecule has 0 saturated carbocycles. The van der Waals surface area contributed by atoms with E-state index in [-0.39, 0.29) is 37.3 Å². The minimum absolute atomic E-state index is 0.00319. The van der Waals surface area contributed by atoms with Gasteiger partial charge in [-0.1, -0.05) is 54.6 Å². The first-order valence-electron chi connectivity index (χ1n) is 17.3. The van der Waals surface area contributed by atoms with E-state index in [2.05, 4.69) is 21.7 Å². The number of nitrogens with zero attached hydrogens (tertiary/aromatic N) is 3. The maximum absolute atomic E-state index is 13.5. The molecule has 13 heteroatoms. The van der Waals surface area contributed by atoms with Gasteiger partial charge >= 0.3 is 5.69 Å². The van der Waals surface area contributed by atoms with Gasteiger partial charge in [-0.2, -0.15) is 10.2 Å². The quantitative estimate of drug-likeness (QED) is 0.164. The molecular weight excluding hydrogens is 678 g/mol. The van der Waals surface area contributed by atoms with E-state index in [4.69, 9.17) is 23.7 Å². The maximum Gasteiger partial charge on any atom is 0.351 e. The number of aromatic nitrogens is 2. The molecule has 0 spiro atoms. The van der Waals surface area contributed by atoms with Crippen molar-refractivity contribution in [3.05, 3.63) is 118 Å². The lowest BCUT2D eigenvalue weighted by Crippen LogP contribution is -2.40. The summed E-state index contributed by atoms with van der Waals surface area (Å²) < 4.78 is 32.5. The number of ether oxygens (including phenoxy) is 5. The van der Waals surface area contributed by atoms with Gasteiger partial charge in [-0.3, -0.25) is 14.2 Å². The van der Waals surface area contributed by atoms with E-state index >= 15 is 0 Å². The van der Waals surface area contributed by atoms with E-state index in [1.807, 2.05) is 78.9 Å². The van der Waals surface area contributed by atoms with Crippen LogP contribution in [0.2, 0.25) is 0 Å². The number of nitrogens with one attached hydrogen (secondary N) is 2. The van der Waals surface area contributed by atoms with Crippen LogP contribution < -0.4 is 25.8 Å². The first-order chi connectivity index (χ1) is 25.6. The van der Waals surface area contributed by atoms with Gasteiger partial charge in [-0.25, -0.2) is 4.79 Å². The van der Waals surface area contributed by atoms with Gasteiger partial charge in [-0.15, -0.1) is 0 Å². The topological polar surface area (TPSA) is 163 Å². The normalized spacial score (nSPS) is 18.8. The third kappa shape index (κ3) is 8.41. The average Bonchev–Trinajstić information content (AvgIpc) is 3.54. The Kier molecular flexibility index (Phi) is 12.6. The van der Waals surface area contributed by atoms with Crippen molar-refractivity contribution in [1.82, 2.24) is 14.9 Å². The number of benzene rings is 3. The summed E-state index contributed by atoms with van der Waals surface area (Å²) in [4.78, 5) is 41.6. The fourth-order valence-electron chi connectivity index (χ4n) is 6.75. The van der Waals surface area contributed by atoms with Crippen molar-refractivity contribution in [2.75, 3.05) is 39.8 Å². The van der Waals surface area contributed by atoms with E-state index in [1.54, 1.807) is 34.3 Å². The number of methoxy groups -OCH3 is 2. The van der Waals surface area contributed by atoms with E-state index in [0.717, 1.165) is 16.7 Å². The van der Waals surface area contributed by atoms with Crippen LogP contribution in [0.5, 0.6) is 11.5 Å². The number of hydrogen-bond acceptors (Lipinski definition) is 10. The molecule has 1 saturated heterocycles. The zero-order chi connectivity index (χ0) is 38.1. The second-order valence-electron chi connectivity index (χ2n) is 12.8. The smallest absolute Gasteiger partial charge is 0.351 e. The lowest BCUT2D eigenvalue weighted by Gasteiger charge is -2.37. The predicted molar refractivity (Wildman–Crippen MR) is 196 cm³/mol. The van der Waals surface area contributed by atoms with Crippen LogP contribution in [0.15, 0.2) is 89.9 Å². The SMILES string of the molecule is CNC(=O)CCO[C@@H]1[C@@H](C(C)C#N)[C@@H](COC(c2ccccc2)(c2ccc(OC)cc2)c2ccc(OC)cc2)O[C@H]1n1cc(C)c(NC(C)=O)nc1=O. The molecule has 1 fully saturated rings. The Labute approximate surface area is 308 Å². The Morgan fingerprint density at radius 3 is 2.09 bits per heavy atom. The van der Waals surface area contributed by atoms with Crippen molar-refractivity contribution >= 4 is 17.6 Å². The molecule has 5 atom stereocenters. The van der Waals surface area contributed by atoms with Gasteiger partial charge in [0.2, 0.25) is 11.8 Å². The standard InChI is InChI=1S/C40H45N5O8/c1-25(22-41)35-33(53-38(36(35)51-21-20-34(47)42-4)45-23-26(2)37(43-27(3)46)44-39(45)48)24-52-40(28-10-8-7-9-11-28,29-12-16-31(49-5)17-13-29)30-14-18-32(50-6)19-15-30/h7-19,23,25,33,35-36,38H,20-21,24H2,1-6H3,(H,42,47)(H,43,44,46,48)/t25?,33-,35+,36-,38-/m1/s1. The molecule has 0 aliphatic carbocycles. The van der Waals surface area contributed by atoms with Crippen LogP contribution in [0, 0.1) is 30.1 Å². The summed E-state index contributed by atoms with van der Waals surface area (Å²) >= 11 is 0. The molecular formula is C40H45N5O8. The molecule has 2 amide bonds. The summed E-state index contributed by atoms with van der Waals surface area (Å²) in [6.07, 6.45) is -1.09. The van der Waals surface area contributed by atoms with E-state index < -0.39 is 41.6 Å². The molecule has 0 radical (unpaired) electrons. The molecule has 4 aromatic rings. The Balaban J connectivity index is 1.62. The number of rotatable bonds is 15. The molecule has 278 valence electrons. The molecule has 0 bridgehead atoms. The number of anilines is 1. The van der Waals surface area contributed by atoms with Gasteiger partial charge in [0, 0.05) is 38.1 Å². The fourth-order valence-corrected chi connectivity index (χ4v) is 6.75. The van der Waals surface area contributed by atoms with E-state index in [9.17, 15) is 19.6 Å². The van der Waals surface area contributed by atoms with Crippen LogP contribution >= 0.6 is 0 Å². The van der Waals surface area contributed by atoms with Gasteiger partial charge in [0.05, 0.1) is 45.5 Å². The lowest BCUT2D eigenvalue weighted by atomic mass is 9.79. The number of carbonyl (C=O) groups is 2. The molecule has 1 aliphatic rings. The highest BCUT2D eigenvalue weighted by Crippen LogP contribution is 2.45. The van der Waals surface area contributed by atoms with Crippen molar-refractivity contribution in [2.24, 2.45) is 11.8 Å². The molecule has 3 aromatic carbocycles. The van der Waals surface area contributed by atoms with E-state index in [0.29, 0.717) is 17.1 Å². The van der Waals surface area contributed by atoms with Crippen LogP contribution in [0.1, 0.15) is 48.8 Å². The minimum atomic E-state index is -1.19. The summed E-state index contributed by atoms with van der Waals surface area (Å²) in [7, 11) is 4.74. The summed E-state index contributed by atoms with van der Waals surface area (Å²) in [6.45, 7) is 4.76. The van der Waals surface area contributed by atoms with Crippen molar-refractivity contribution in [3.63, 3.8) is 0 Å². The number of carbonyl (C=O) groups excluding carboxylic acids is 2. The Morgan fingerprint density at radius 1 is 0.981 bits per heavy atom. The molecule has 5 rings (SSSR count). The molecule has 53 heavy (non-hydrogen) atoms. The molecule has 13 nitrogen and oxygen atoms in total. The number of aryl methyl sites for hydroxylation is 1. The van der Waals surface area contributed by atoms with Crippen LogP contribution in [-0.2, 0) is 29.4 Å². The van der Waals surface area contributed by atoms with Crippen LogP contribution in [0.4, 0.5) is 5.82 Å². The minimum Gasteiger partial charge on any atom is -0.497 e. The third-order valence-electron chi connectivity index (χ3n) is 9.44. The third-order valence-corrected chi connectivity index (χ3v) is 9.44. The summed E-state index contributed by atoms with van der Waals surface area (Å²) in [5.41, 5.74) is 1.07. The first kappa shape index (κ1) is 38.7. The second-order valence-corrected chi connectivity index (χ2v) is 12.8. The summed E-state index contributed by atoms with van der Waals surface area (Å²) in [5.74, 6) is -0.376. The fraction of sp³-hybridized carbons (Fsp3) is 0.375. The van der Waals surface area contributed by atoms with Crippen LogP contribution in [-0.4, -0.2) is 68.1 Å². The highest BCUT2D eigenvalue weighted by molar-refractivity contribution is 5.88. The number of hydrogen-bond donors (Lipinski definition) is 2. The zero-order valence-electron chi connectivity index (χ0n) is 30.7. The molecule has 1 aliphatic heterocycles. The molecule has 1 unspecified atom stereocenters. The van der Waals surface area contributed by atoms with Crippen LogP contribution in [0.3, 0.4) is 0 Å². The Bertz CT molecular complexity index is 1910. The van der Waals surface area contributed by atoms with Crippen LogP contribution in [0.25, 0.3) is 0 Å². The number of amides is 2. The highest BCUT2D eigenvalue weighted by Gasteiger charge is 2.51. The van der Waals surface area contributed by atoms with Crippen molar-refractivity contribution in [2.45, 2.75) is 51.2 Å². The number of nitriles is 1. The Hall–Kier alpha value is -5.55. The van der Waals surface area contributed by atoms with Crippen molar-refractivity contribution in [3.8, 4) is 17.6 Å². The second kappa shape index (κ2) is 17.3. The Morgan fingerprint density at radius 2 is 1.57 bits per heavy atom. The van der Waals surface area contributed by atoms with E-state index in [1.165, 1.54) is 18.5 Å². The van der Waals surface area contributed by atoms with Gasteiger partial charge in [0.1, 0.15) is 29.0 Å². The monoisotopic (exact) mass is 723 g/mol. The highest BCUT2D eigenvalue weighted by atomic mass is 16.6. The predicted octanol–water partition coefficient (Wildman–Crippen LogP) is 4.73. The van der Waals surface area contributed by atoms with Gasteiger partial charge in [0.25, 0.3) is 0 Å².